The van der Waals surface area contributed by atoms with Crippen LogP contribution >= 0.6 is 0 Å². The van der Waals surface area contributed by atoms with E-state index in [1.165, 1.54) is 12.8 Å². The number of hydrogen-bond donors (Lipinski definition) is 0. The van der Waals surface area contributed by atoms with Gasteiger partial charge in [-0.25, -0.2) is 0 Å². The summed E-state index contributed by atoms with van der Waals surface area (Å²) in [6.45, 7) is 2.17. The molecule has 0 spiro atoms. The van der Waals surface area contributed by atoms with E-state index in [-0.39, 0.29) is 6.42 Å². The molecule has 126 valence electrons. The summed E-state index contributed by atoms with van der Waals surface area (Å²) >= 11 is 0. The standard InChI is InChI=1S/C20H23NO3/c1-2-3-4-5-6-7-8-9-10-11-12-13-14-15-16-17-18-20(19-22)21(23)24/h19-20H,2-5,8,11,14,17-18H2,1H3. The number of aldehydes is 1. The van der Waals surface area contributed by atoms with Crippen LogP contribution in [0.5, 0.6) is 0 Å². The molecule has 4 nitrogen and oxygen atoms in total. The second kappa shape index (κ2) is 16.7. The van der Waals surface area contributed by atoms with Gasteiger partial charge >= 0.3 is 0 Å². The van der Waals surface area contributed by atoms with Gasteiger partial charge in [-0.05, 0) is 6.42 Å². The summed E-state index contributed by atoms with van der Waals surface area (Å²) in [5.41, 5.74) is 0. The van der Waals surface area contributed by atoms with Crippen molar-refractivity contribution in [2.75, 3.05) is 0 Å². The first-order chi connectivity index (χ1) is 11.7. The number of rotatable bonds is 7. The van der Waals surface area contributed by atoms with Crippen molar-refractivity contribution < 1.29 is 9.72 Å². The minimum absolute atomic E-state index is 0.141. The largest absolute Gasteiger partial charge is 0.296 e. The Bertz CT molecular complexity index is 621. The first-order valence-electron chi connectivity index (χ1n) is 8.14. The lowest BCUT2D eigenvalue weighted by Crippen LogP contribution is -2.20. The fraction of sp³-hybridized carbons (Fsp3) is 0.550. The molecular formula is C20H23NO3. The maximum atomic E-state index is 10.4. The molecule has 4 heteroatoms. The summed E-state index contributed by atoms with van der Waals surface area (Å²) in [7, 11) is 0. The van der Waals surface area contributed by atoms with Gasteiger partial charge in [-0.15, -0.1) is 11.8 Å². The molecule has 0 saturated carbocycles. The van der Waals surface area contributed by atoms with E-state index in [1.807, 2.05) is 0 Å². The predicted molar refractivity (Wildman–Crippen MR) is 95.2 cm³/mol. The lowest BCUT2D eigenvalue weighted by Gasteiger charge is -1.96. The van der Waals surface area contributed by atoms with Crippen molar-refractivity contribution >= 4 is 6.29 Å². The van der Waals surface area contributed by atoms with Crippen LogP contribution in [0, 0.1) is 57.5 Å². The van der Waals surface area contributed by atoms with Gasteiger partial charge in [0.05, 0.1) is 19.3 Å². The second-order valence-electron chi connectivity index (χ2n) is 4.93. The number of hydrogen-bond acceptors (Lipinski definition) is 3. The molecule has 0 rings (SSSR count). The van der Waals surface area contributed by atoms with Gasteiger partial charge in [-0.3, -0.25) is 14.9 Å². The predicted octanol–water partition coefficient (Wildman–Crippen LogP) is 3.38. The highest BCUT2D eigenvalue weighted by Crippen LogP contribution is 1.97. The molecule has 0 radical (unpaired) electrons. The fourth-order valence-electron chi connectivity index (χ4n) is 1.59. The van der Waals surface area contributed by atoms with Gasteiger partial charge < -0.3 is 0 Å². The summed E-state index contributed by atoms with van der Waals surface area (Å²) in [6, 6.07) is -1.16. The zero-order valence-electron chi connectivity index (χ0n) is 14.2. The van der Waals surface area contributed by atoms with Crippen molar-refractivity contribution in [3.05, 3.63) is 10.1 Å². The highest BCUT2D eigenvalue weighted by Gasteiger charge is 2.16. The van der Waals surface area contributed by atoms with E-state index in [4.69, 9.17) is 0 Å². The number of nitro groups is 1. The third-order valence-electron chi connectivity index (χ3n) is 2.93. The first kappa shape index (κ1) is 21.3. The van der Waals surface area contributed by atoms with Crippen LogP contribution in [0.2, 0.25) is 0 Å². The Hall–Kier alpha value is -2.69. The molecule has 1 atom stereocenters. The second-order valence-corrected chi connectivity index (χ2v) is 4.93. The first-order valence-corrected chi connectivity index (χ1v) is 8.14. The molecule has 0 N–H and O–H groups in total. The zero-order valence-corrected chi connectivity index (χ0v) is 14.2. The molecule has 0 heterocycles. The van der Waals surface area contributed by atoms with Crippen molar-refractivity contribution in [1.82, 2.24) is 0 Å². The summed E-state index contributed by atoms with van der Waals surface area (Å²) in [6.07, 6.45) is 6.84. The molecule has 0 aliphatic heterocycles. The number of carbonyl (C=O) groups excluding carboxylic acids is 1. The Labute approximate surface area is 144 Å². The molecule has 0 aromatic heterocycles. The maximum Gasteiger partial charge on any atom is 0.268 e. The Balaban J connectivity index is 3.76. The SMILES string of the molecule is CCCCCC#CCC#CCC#CCC#CCCC(C=O)[N+](=O)[O-]. The number of unbranched alkanes of at least 4 members (excludes halogenated alkanes) is 3. The molecule has 0 aliphatic carbocycles. The molecule has 1 unspecified atom stereocenters. The van der Waals surface area contributed by atoms with Crippen molar-refractivity contribution in [3.63, 3.8) is 0 Å². The van der Waals surface area contributed by atoms with Crippen molar-refractivity contribution in [3.8, 4) is 47.4 Å². The monoisotopic (exact) mass is 325 g/mol. The molecule has 24 heavy (non-hydrogen) atoms. The lowest BCUT2D eigenvalue weighted by atomic mass is 10.2. The minimum Gasteiger partial charge on any atom is -0.296 e. The third kappa shape index (κ3) is 14.3. The third-order valence-corrected chi connectivity index (χ3v) is 2.93. The molecule has 0 fully saturated rings. The fourth-order valence-corrected chi connectivity index (χ4v) is 1.59. The Morgan fingerprint density at radius 1 is 0.875 bits per heavy atom. The van der Waals surface area contributed by atoms with Crippen LogP contribution in [-0.4, -0.2) is 17.3 Å². The smallest absolute Gasteiger partial charge is 0.268 e. The molecule has 0 bridgehead atoms. The molecule has 0 amide bonds. The van der Waals surface area contributed by atoms with Gasteiger partial charge in [0.25, 0.3) is 6.04 Å². The van der Waals surface area contributed by atoms with E-state index >= 15 is 0 Å². The minimum atomic E-state index is -1.16. The zero-order chi connectivity index (χ0) is 17.9. The summed E-state index contributed by atoms with van der Waals surface area (Å²) in [4.78, 5) is 20.2. The van der Waals surface area contributed by atoms with Crippen LogP contribution < -0.4 is 0 Å². The molecular weight excluding hydrogens is 302 g/mol. The van der Waals surface area contributed by atoms with Gasteiger partial charge in [-0.1, -0.05) is 55.3 Å². The Morgan fingerprint density at radius 3 is 1.83 bits per heavy atom. The van der Waals surface area contributed by atoms with Gasteiger partial charge in [0.1, 0.15) is 0 Å². The van der Waals surface area contributed by atoms with Crippen LogP contribution in [0.4, 0.5) is 0 Å². The average molecular weight is 325 g/mol. The van der Waals surface area contributed by atoms with E-state index < -0.39 is 11.0 Å². The molecule has 0 aromatic carbocycles. The quantitative estimate of drug-likeness (QED) is 0.237. The normalized spacial score (nSPS) is 9.54. The van der Waals surface area contributed by atoms with E-state index in [1.54, 1.807) is 0 Å². The van der Waals surface area contributed by atoms with Gasteiger partial charge in [0.2, 0.25) is 0 Å². The molecule has 0 aromatic rings. The highest BCUT2D eigenvalue weighted by atomic mass is 16.6. The topological polar surface area (TPSA) is 60.2 Å². The van der Waals surface area contributed by atoms with Crippen molar-refractivity contribution in [2.45, 2.75) is 70.8 Å². The van der Waals surface area contributed by atoms with Crippen molar-refractivity contribution in [1.29, 1.82) is 0 Å². The number of nitrogens with zero attached hydrogens (tertiary/aromatic N) is 1. The van der Waals surface area contributed by atoms with Gasteiger partial charge in [0, 0.05) is 24.2 Å². The van der Waals surface area contributed by atoms with E-state index in [9.17, 15) is 14.9 Å². The molecule has 0 saturated heterocycles. The highest BCUT2D eigenvalue weighted by molar-refractivity contribution is 5.55. The summed E-state index contributed by atoms with van der Waals surface area (Å²) < 4.78 is 0. The Kier molecular flexibility index (Phi) is 14.8. The summed E-state index contributed by atoms with van der Waals surface area (Å²) in [5.74, 6) is 23.4. The maximum absolute atomic E-state index is 10.4. The average Bonchev–Trinajstić information content (AvgIpc) is 2.57. The van der Waals surface area contributed by atoms with E-state index in [0.29, 0.717) is 32.0 Å². The summed E-state index contributed by atoms with van der Waals surface area (Å²) in [5, 5.41) is 10.4. The van der Waals surface area contributed by atoms with Gasteiger partial charge in [-0.2, -0.15) is 0 Å². The van der Waals surface area contributed by atoms with Crippen LogP contribution in [0.1, 0.15) is 64.7 Å². The van der Waals surface area contributed by atoms with Crippen molar-refractivity contribution in [2.24, 2.45) is 0 Å². The number of carbonyl (C=O) groups is 1. The van der Waals surface area contributed by atoms with Crippen LogP contribution in [0.3, 0.4) is 0 Å². The van der Waals surface area contributed by atoms with Crippen LogP contribution in [0.25, 0.3) is 0 Å². The van der Waals surface area contributed by atoms with E-state index in [2.05, 4.69) is 54.3 Å². The lowest BCUT2D eigenvalue weighted by molar-refractivity contribution is -0.505. The Morgan fingerprint density at radius 2 is 1.38 bits per heavy atom. The van der Waals surface area contributed by atoms with Crippen LogP contribution in [0.15, 0.2) is 0 Å². The van der Waals surface area contributed by atoms with Crippen LogP contribution in [-0.2, 0) is 4.79 Å². The molecule has 0 aliphatic rings. The van der Waals surface area contributed by atoms with Gasteiger partial charge in [0.15, 0.2) is 6.29 Å². The van der Waals surface area contributed by atoms with E-state index in [0.717, 1.165) is 12.8 Å².